The molecule has 0 bridgehead atoms. The van der Waals surface area contributed by atoms with Gasteiger partial charge in [0.05, 0.1) is 14.2 Å². The van der Waals surface area contributed by atoms with Crippen LogP contribution in [0.25, 0.3) is 0 Å². The van der Waals surface area contributed by atoms with Gasteiger partial charge in [0.25, 0.3) is 0 Å². The van der Waals surface area contributed by atoms with E-state index in [1.165, 1.54) is 52.7 Å². The van der Waals surface area contributed by atoms with Crippen LogP contribution in [0.15, 0.2) is 12.2 Å². The van der Waals surface area contributed by atoms with Gasteiger partial charge in [-0.2, -0.15) is 0 Å². The van der Waals surface area contributed by atoms with Crippen molar-refractivity contribution in [2.45, 2.75) is 89.9 Å². The van der Waals surface area contributed by atoms with Crippen LogP contribution in [0, 0.1) is 0 Å². The summed E-state index contributed by atoms with van der Waals surface area (Å²) in [6.07, 6.45) is 19.5. The lowest BCUT2D eigenvalue weighted by Crippen LogP contribution is -1.99. The lowest BCUT2D eigenvalue weighted by Gasteiger charge is -2.00. The van der Waals surface area contributed by atoms with E-state index in [4.69, 9.17) is 0 Å². The van der Waals surface area contributed by atoms with Gasteiger partial charge >= 0.3 is 11.9 Å². The average molecular weight is 341 g/mol. The van der Waals surface area contributed by atoms with Crippen molar-refractivity contribution in [3.63, 3.8) is 0 Å². The molecule has 0 aromatic rings. The van der Waals surface area contributed by atoms with Crippen molar-refractivity contribution in [1.82, 2.24) is 0 Å². The van der Waals surface area contributed by atoms with Crippen LogP contribution in [0.3, 0.4) is 0 Å². The molecular formula is C20H36O4. The highest BCUT2D eigenvalue weighted by Gasteiger charge is 1.99. The van der Waals surface area contributed by atoms with Crippen LogP contribution in [0.5, 0.6) is 0 Å². The SMILES string of the molecule is COC(=O)CCCCCCC/C=C/CCCCCCCC(=O)OC. The number of carbonyl (C=O) groups excluding carboxylic acids is 2. The van der Waals surface area contributed by atoms with Crippen LogP contribution in [0.1, 0.15) is 89.9 Å². The van der Waals surface area contributed by atoms with Gasteiger partial charge in [-0.25, -0.2) is 0 Å². The Morgan fingerprint density at radius 2 is 0.917 bits per heavy atom. The topological polar surface area (TPSA) is 52.6 Å². The fourth-order valence-corrected chi connectivity index (χ4v) is 2.56. The van der Waals surface area contributed by atoms with Crippen molar-refractivity contribution in [1.29, 1.82) is 0 Å². The Kier molecular flexibility index (Phi) is 17.0. The number of methoxy groups -OCH3 is 2. The predicted octanol–water partition coefficient (Wildman–Crippen LogP) is 5.35. The van der Waals surface area contributed by atoms with Gasteiger partial charge in [-0.1, -0.05) is 50.7 Å². The standard InChI is InChI=1S/C20H36O4/c1-23-19(21)17-15-13-11-9-7-5-3-4-6-8-10-12-14-16-18-20(22)24-2/h3-4H,5-18H2,1-2H3/b4-3+. The maximum atomic E-state index is 10.9. The number of rotatable bonds is 16. The Bertz CT molecular complexity index is 305. The summed E-state index contributed by atoms with van der Waals surface area (Å²) < 4.78 is 9.23. The third kappa shape index (κ3) is 17.0. The summed E-state index contributed by atoms with van der Waals surface area (Å²) in [5, 5.41) is 0. The molecule has 0 unspecified atom stereocenters. The van der Waals surface area contributed by atoms with Crippen LogP contribution in [-0.4, -0.2) is 26.2 Å². The Morgan fingerprint density at radius 3 is 1.29 bits per heavy atom. The van der Waals surface area contributed by atoms with Gasteiger partial charge in [0.15, 0.2) is 0 Å². The third-order valence-corrected chi connectivity index (χ3v) is 4.13. The maximum absolute atomic E-state index is 10.9. The molecule has 0 atom stereocenters. The fraction of sp³-hybridized carbons (Fsp3) is 0.800. The van der Waals surface area contributed by atoms with Gasteiger partial charge in [-0.3, -0.25) is 9.59 Å². The molecule has 0 amide bonds. The Morgan fingerprint density at radius 1 is 0.583 bits per heavy atom. The monoisotopic (exact) mass is 340 g/mol. The lowest BCUT2D eigenvalue weighted by atomic mass is 10.1. The highest BCUT2D eigenvalue weighted by atomic mass is 16.5. The molecule has 0 saturated heterocycles. The number of hydrogen-bond donors (Lipinski definition) is 0. The summed E-state index contributed by atoms with van der Waals surface area (Å²) in [5.74, 6) is -0.192. The zero-order valence-corrected chi connectivity index (χ0v) is 15.7. The fourth-order valence-electron chi connectivity index (χ4n) is 2.56. The highest BCUT2D eigenvalue weighted by molar-refractivity contribution is 5.69. The smallest absolute Gasteiger partial charge is 0.305 e. The molecule has 0 spiro atoms. The van der Waals surface area contributed by atoms with Crippen LogP contribution in [0.2, 0.25) is 0 Å². The quantitative estimate of drug-likeness (QED) is 0.216. The minimum atomic E-state index is -0.0959. The van der Waals surface area contributed by atoms with Crippen molar-refractivity contribution in [2.24, 2.45) is 0 Å². The number of carbonyl (C=O) groups is 2. The molecule has 4 nitrogen and oxygen atoms in total. The van der Waals surface area contributed by atoms with Gasteiger partial charge in [0.2, 0.25) is 0 Å². The molecule has 0 radical (unpaired) electrons. The van der Waals surface area contributed by atoms with Gasteiger partial charge < -0.3 is 9.47 Å². The van der Waals surface area contributed by atoms with Crippen molar-refractivity contribution < 1.29 is 19.1 Å². The molecule has 0 saturated carbocycles. The van der Waals surface area contributed by atoms with E-state index >= 15 is 0 Å². The van der Waals surface area contributed by atoms with Crippen LogP contribution in [-0.2, 0) is 19.1 Å². The second kappa shape index (κ2) is 18.0. The Hall–Kier alpha value is -1.32. The molecule has 4 heteroatoms. The highest BCUT2D eigenvalue weighted by Crippen LogP contribution is 2.10. The summed E-state index contributed by atoms with van der Waals surface area (Å²) in [7, 11) is 2.89. The molecule has 0 aliphatic heterocycles. The summed E-state index contributed by atoms with van der Waals surface area (Å²) in [6, 6.07) is 0. The largest absolute Gasteiger partial charge is 0.469 e. The van der Waals surface area contributed by atoms with E-state index < -0.39 is 0 Å². The first-order chi connectivity index (χ1) is 11.7. The first-order valence-corrected chi connectivity index (χ1v) is 9.49. The van der Waals surface area contributed by atoms with E-state index in [1.54, 1.807) is 0 Å². The second-order valence-electron chi connectivity index (χ2n) is 6.24. The first-order valence-electron chi connectivity index (χ1n) is 9.49. The molecule has 0 fully saturated rings. The zero-order chi connectivity index (χ0) is 17.9. The summed E-state index contributed by atoms with van der Waals surface area (Å²) >= 11 is 0. The van der Waals surface area contributed by atoms with E-state index in [2.05, 4.69) is 21.6 Å². The molecule has 0 aromatic heterocycles. The molecule has 0 N–H and O–H groups in total. The van der Waals surface area contributed by atoms with Crippen molar-refractivity contribution in [2.75, 3.05) is 14.2 Å². The second-order valence-corrected chi connectivity index (χ2v) is 6.24. The van der Waals surface area contributed by atoms with Crippen molar-refractivity contribution in [3.05, 3.63) is 12.2 Å². The molecule has 0 heterocycles. The summed E-state index contributed by atoms with van der Waals surface area (Å²) in [4.78, 5) is 21.9. The third-order valence-electron chi connectivity index (χ3n) is 4.13. The molecule has 140 valence electrons. The van der Waals surface area contributed by atoms with Crippen molar-refractivity contribution in [3.8, 4) is 0 Å². The molecule has 0 aliphatic carbocycles. The molecule has 0 aromatic carbocycles. The number of ether oxygens (including phenoxy) is 2. The number of esters is 2. The van der Waals surface area contributed by atoms with Gasteiger partial charge in [-0.15, -0.1) is 0 Å². The van der Waals surface area contributed by atoms with E-state index in [9.17, 15) is 9.59 Å². The van der Waals surface area contributed by atoms with Gasteiger partial charge in [0.1, 0.15) is 0 Å². The molecule has 24 heavy (non-hydrogen) atoms. The van der Waals surface area contributed by atoms with E-state index in [0.717, 1.165) is 38.5 Å². The first kappa shape index (κ1) is 22.7. The van der Waals surface area contributed by atoms with Crippen LogP contribution >= 0.6 is 0 Å². The summed E-state index contributed by atoms with van der Waals surface area (Å²) in [5.41, 5.74) is 0. The zero-order valence-electron chi connectivity index (χ0n) is 15.7. The van der Waals surface area contributed by atoms with E-state index in [0.29, 0.717) is 12.8 Å². The van der Waals surface area contributed by atoms with Crippen LogP contribution in [0.4, 0.5) is 0 Å². The predicted molar refractivity (Wildman–Crippen MR) is 97.8 cm³/mol. The van der Waals surface area contributed by atoms with Crippen molar-refractivity contribution >= 4 is 11.9 Å². The summed E-state index contributed by atoms with van der Waals surface area (Å²) in [6.45, 7) is 0. The number of hydrogen-bond acceptors (Lipinski definition) is 4. The minimum absolute atomic E-state index is 0.0959. The van der Waals surface area contributed by atoms with Gasteiger partial charge in [-0.05, 0) is 38.5 Å². The Labute approximate surface area is 148 Å². The molecule has 0 aliphatic rings. The normalized spacial score (nSPS) is 10.9. The van der Waals surface area contributed by atoms with Crippen LogP contribution < -0.4 is 0 Å². The van der Waals surface area contributed by atoms with E-state index in [-0.39, 0.29) is 11.9 Å². The minimum Gasteiger partial charge on any atom is -0.469 e. The average Bonchev–Trinajstić information content (AvgIpc) is 2.60. The lowest BCUT2D eigenvalue weighted by molar-refractivity contribution is -0.141. The van der Waals surface area contributed by atoms with Gasteiger partial charge in [0, 0.05) is 12.8 Å². The number of allylic oxidation sites excluding steroid dienone is 2. The number of unbranched alkanes of at least 4 members (excludes halogenated alkanes) is 10. The molecule has 0 rings (SSSR count). The van der Waals surface area contributed by atoms with E-state index in [1.807, 2.05) is 0 Å². The molecular weight excluding hydrogens is 304 g/mol. The maximum Gasteiger partial charge on any atom is 0.305 e. The Balaban J connectivity index is 3.16.